The molecule has 0 aliphatic heterocycles. The summed E-state index contributed by atoms with van der Waals surface area (Å²) in [6.45, 7) is 3.75. The number of halogens is 1. The number of rotatable bonds is 8. The summed E-state index contributed by atoms with van der Waals surface area (Å²) in [6.07, 6.45) is 3.64. The lowest BCUT2D eigenvalue weighted by Gasteiger charge is -2.25. The molecule has 2 N–H and O–H groups in total. The van der Waals surface area contributed by atoms with E-state index in [1.165, 1.54) is 12.1 Å². The number of benzene rings is 1. The number of urea groups is 1. The van der Waals surface area contributed by atoms with Gasteiger partial charge in [0.2, 0.25) is 0 Å². The molecule has 0 bridgehead atoms. The maximum absolute atomic E-state index is 13.4. The highest BCUT2D eigenvalue weighted by molar-refractivity contribution is 5.73. The number of amides is 2. The molecule has 0 aliphatic carbocycles. The van der Waals surface area contributed by atoms with E-state index in [4.69, 9.17) is 0 Å². The van der Waals surface area contributed by atoms with Crippen LogP contribution in [0.2, 0.25) is 0 Å². The van der Waals surface area contributed by atoms with Crippen LogP contribution in [0.15, 0.2) is 42.7 Å². The summed E-state index contributed by atoms with van der Waals surface area (Å²) in [4.78, 5) is 14.0. The Balaban J connectivity index is 1.79. The van der Waals surface area contributed by atoms with Gasteiger partial charge >= 0.3 is 6.03 Å². The van der Waals surface area contributed by atoms with Crippen molar-refractivity contribution in [1.82, 2.24) is 25.3 Å². The zero-order valence-electron chi connectivity index (χ0n) is 14.9. The van der Waals surface area contributed by atoms with E-state index in [1.54, 1.807) is 12.3 Å². The van der Waals surface area contributed by atoms with Crippen LogP contribution in [-0.2, 0) is 6.54 Å². The molecule has 1 heterocycles. The SMILES string of the molecule is CC(CNC(=O)NCC(c1cccc(F)c1)N(C)C)Cn1cccn1. The number of likely N-dealkylation sites (N-methyl/N-ethyl adjacent to an activating group) is 1. The van der Waals surface area contributed by atoms with Crippen LogP contribution in [-0.4, -0.2) is 47.9 Å². The van der Waals surface area contributed by atoms with Crippen LogP contribution in [0.25, 0.3) is 0 Å². The molecule has 2 atom stereocenters. The maximum atomic E-state index is 13.4. The standard InChI is InChI=1S/C18H26FN5O/c1-14(13-24-9-5-8-22-24)11-20-18(25)21-12-17(23(2)3)15-6-4-7-16(19)10-15/h4-10,14,17H,11-13H2,1-3H3,(H2,20,21,25). The number of hydrogen-bond donors (Lipinski definition) is 2. The molecule has 0 saturated carbocycles. The fourth-order valence-electron chi connectivity index (χ4n) is 2.62. The normalized spacial score (nSPS) is 13.5. The van der Waals surface area contributed by atoms with Crippen molar-refractivity contribution in [2.75, 3.05) is 27.2 Å². The molecular formula is C18H26FN5O. The minimum atomic E-state index is -0.277. The van der Waals surface area contributed by atoms with Crippen LogP contribution in [0.1, 0.15) is 18.5 Å². The highest BCUT2D eigenvalue weighted by atomic mass is 19.1. The monoisotopic (exact) mass is 347 g/mol. The van der Waals surface area contributed by atoms with Gasteiger partial charge in [0.15, 0.2) is 0 Å². The second kappa shape index (κ2) is 9.17. The second-order valence-corrected chi connectivity index (χ2v) is 6.46. The Bertz CT molecular complexity index is 659. The third kappa shape index (κ3) is 6.19. The molecule has 0 aliphatic rings. The third-order valence-electron chi connectivity index (χ3n) is 3.98. The highest BCUT2D eigenvalue weighted by Crippen LogP contribution is 2.18. The van der Waals surface area contributed by atoms with Crippen molar-refractivity contribution in [1.29, 1.82) is 0 Å². The van der Waals surface area contributed by atoms with Crippen LogP contribution in [0.3, 0.4) is 0 Å². The van der Waals surface area contributed by atoms with Crippen molar-refractivity contribution < 1.29 is 9.18 Å². The van der Waals surface area contributed by atoms with Crippen LogP contribution in [0, 0.1) is 11.7 Å². The van der Waals surface area contributed by atoms with Gasteiger partial charge in [-0.05, 0) is 43.8 Å². The number of hydrogen-bond acceptors (Lipinski definition) is 3. The number of aromatic nitrogens is 2. The van der Waals surface area contributed by atoms with E-state index in [2.05, 4.69) is 22.7 Å². The van der Waals surface area contributed by atoms with Crippen molar-refractivity contribution >= 4 is 6.03 Å². The molecule has 0 spiro atoms. The first-order chi connectivity index (χ1) is 12.0. The van der Waals surface area contributed by atoms with E-state index < -0.39 is 0 Å². The average molecular weight is 347 g/mol. The van der Waals surface area contributed by atoms with Gasteiger partial charge in [0.25, 0.3) is 0 Å². The summed E-state index contributed by atoms with van der Waals surface area (Å²) in [6, 6.07) is 8.00. The summed E-state index contributed by atoms with van der Waals surface area (Å²) in [5, 5.41) is 9.88. The zero-order chi connectivity index (χ0) is 18.2. The topological polar surface area (TPSA) is 62.2 Å². The largest absolute Gasteiger partial charge is 0.338 e. The fraction of sp³-hybridized carbons (Fsp3) is 0.444. The lowest BCUT2D eigenvalue weighted by molar-refractivity contribution is 0.230. The number of nitrogens with one attached hydrogen (secondary N) is 2. The van der Waals surface area contributed by atoms with Crippen LogP contribution in [0.4, 0.5) is 9.18 Å². The fourth-order valence-corrected chi connectivity index (χ4v) is 2.62. The molecule has 136 valence electrons. The molecular weight excluding hydrogens is 321 g/mol. The minimum absolute atomic E-state index is 0.0945. The lowest BCUT2D eigenvalue weighted by Crippen LogP contribution is -2.42. The summed E-state index contributed by atoms with van der Waals surface area (Å²) in [7, 11) is 3.81. The van der Waals surface area contributed by atoms with Crippen LogP contribution in [0.5, 0.6) is 0 Å². The van der Waals surface area contributed by atoms with E-state index in [0.717, 1.165) is 12.1 Å². The van der Waals surface area contributed by atoms with E-state index in [-0.39, 0.29) is 23.8 Å². The zero-order valence-corrected chi connectivity index (χ0v) is 14.9. The van der Waals surface area contributed by atoms with Gasteiger partial charge in [-0.1, -0.05) is 19.1 Å². The molecule has 1 aromatic carbocycles. The highest BCUT2D eigenvalue weighted by Gasteiger charge is 2.16. The van der Waals surface area contributed by atoms with Crippen molar-refractivity contribution in [3.8, 4) is 0 Å². The number of carbonyl (C=O) groups is 1. The van der Waals surface area contributed by atoms with E-state index in [1.807, 2.05) is 42.0 Å². The molecule has 0 radical (unpaired) electrons. The summed E-state index contributed by atoms with van der Waals surface area (Å²) >= 11 is 0. The third-order valence-corrected chi connectivity index (χ3v) is 3.98. The Morgan fingerprint density at radius 2 is 2.04 bits per heavy atom. The molecule has 6 nitrogen and oxygen atoms in total. The molecule has 7 heteroatoms. The van der Waals surface area contributed by atoms with E-state index in [0.29, 0.717) is 13.1 Å². The van der Waals surface area contributed by atoms with Crippen molar-refractivity contribution in [2.45, 2.75) is 19.5 Å². The molecule has 0 fully saturated rings. The Labute approximate surface area is 148 Å². The lowest BCUT2D eigenvalue weighted by atomic mass is 10.1. The molecule has 2 unspecified atom stereocenters. The minimum Gasteiger partial charge on any atom is -0.338 e. The van der Waals surface area contributed by atoms with Gasteiger partial charge in [0.1, 0.15) is 5.82 Å². The predicted molar refractivity (Wildman–Crippen MR) is 95.6 cm³/mol. The van der Waals surface area contributed by atoms with E-state index in [9.17, 15) is 9.18 Å². The van der Waals surface area contributed by atoms with Crippen molar-refractivity contribution in [2.24, 2.45) is 5.92 Å². The van der Waals surface area contributed by atoms with Gasteiger partial charge < -0.3 is 15.5 Å². The maximum Gasteiger partial charge on any atom is 0.314 e. The Hall–Kier alpha value is -2.41. The molecule has 1 aromatic heterocycles. The quantitative estimate of drug-likeness (QED) is 0.770. The van der Waals surface area contributed by atoms with E-state index >= 15 is 0 Å². The Morgan fingerprint density at radius 3 is 2.68 bits per heavy atom. The molecule has 2 aromatic rings. The van der Waals surface area contributed by atoms with Gasteiger partial charge in [-0.15, -0.1) is 0 Å². The van der Waals surface area contributed by atoms with Gasteiger partial charge in [0.05, 0.1) is 6.04 Å². The summed E-state index contributed by atoms with van der Waals surface area (Å²) in [5.41, 5.74) is 0.831. The summed E-state index contributed by atoms with van der Waals surface area (Å²) < 4.78 is 15.3. The van der Waals surface area contributed by atoms with Crippen molar-refractivity contribution in [3.05, 3.63) is 54.1 Å². The number of carbonyl (C=O) groups excluding carboxylic acids is 1. The molecule has 2 rings (SSSR count). The van der Waals surface area contributed by atoms with Gasteiger partial charge in [-0.25, -0.2) is 9.18 Å². The second-order valence-electron chi connectivity index (χ2n) is 6.46. The predicted octanol–water partition coefficient (Wildman–Crippen LogP) is 2.26. The van der Waals surface area contributed by atoms with Crippen LogP contribution < -0.4 is 10.6 Å². The van der Waals surface area contributed by atoms with Crippen molar-refractivity contribution in [3.63, 3.8) is 0 Å². The number of nitrogens with zero attached hydrogens (tertiary/aromatic N) is 3. The van der Waals surface area contributed by atoms with Gasteiger partial charge in [0, 0.05) is 32.0 Å². The molecule has 2 amide bonds. The average Bonchev–Trinajstić information content (AvgIpc) is 3.06. The summed E-state index contributed by atoms with van der Waals surface area (Å²) in [5.74, 6) is -0.0141. The molecule has 25 heavy (non-hydrogen) atoms. The first-order valence-corrected chi connectivity index (χ1v) is 8.36. The van der Waals surface area contributed by atoms with Gasteiger partial charge in [-0.3, -0.25) is 4.68 Å². The van der Waals surface area contributed by atoms with Crippen LogP contribution >= 0.6 is 0 Å². The molecule has 0 saturated heterocycles. The Kier molecular flexibility index (Phi) is 6.94. The first-order valence-electron chi connectivity index (χ1n) is 8.36. The smallest absolute Gasteiger partial charge is 0.314 e. The first kappa shape index (κ1) is 18.9. The Morgan fingerprint density at radius 1 is 1.28 bits per heavy atom. The van der Waals surface area contributed by atoms with Gasteiger partial charge in [-0.2, -0.15) is 5.10 Å².